The summed E-state index contributed by atoms with van der Waals surface area (Å²) in [7, 11) is 3.34. The molecule has 6 rings (SSSR count). The summed E-state index contributed by atoms with van der Waals surface area (Å²) in [4.78, 5) is 38.4. The molecule has 3 aromatic heterocycles. The number of benzene rings is 2. The fraction of sp³-hybridized carbons (Fsp3) is 0.324. The van der Waals surface area contributed by atoms with Gasteiger partial charge in [-0.25, -0.2) is 14.8 Å². The molecular formula is C34H30ClF3N6O5S. The number of methoxy groups -OCH3 is 1. The van der Waals surface area contributed by atoms with E-state index in [4.69, 9.17) is 21.1 Å². The number of thiophene rings is 1. The molecule has 50 heavy (non-hydrogen) atoms. The van der Waals surface area contributed by atoms with Gasteiger partial charge in [0.2, 0.25) is 5.88 Å². The van der Waals surface area contributed by atoms with Gasteiger partial charge < -0.3 is 19.5 Å². The van der Waals surface area contributed by atoms with Crippen molar-refractivity contribution in [1.82, 2.24) is 24.3 Å². The molecule has 4 heterocycles. The molecule has 0 aliphatic carbocycles. The third kappa shape index (κ3) is 6.71. The molecule has 16 heteroatoms. The van der Waals surface area contributed by atoms with Gasteiger partial charge in [0.15, 0.2) is 0 Å². The van der Waals surface area contributed by atoms with Crippen molar-refractivity contribution in [3.63, 3.8) is 0 Å². The molecule has 1 saturated heterocycles. The van der Waals surface area contributed by atoms with Gasteiger partial charge in [0.25, 0.3) is 5.56 Å². The number of halogens is 4. The van der Waals surface area contributed by atoms with Crippen LogP contribution < -0.4 is 15.0 Å². The van der Waals surface area contributed by atoms with Crippen molar-refractivity contribution >= 4 is 50.0 Å². The number of likely N-dealkylation sites (N-methyl/N-ethyl adjacent to an activating group) is 1. The average Bonchev–Trinajstić information content (AvgIpc) is 3.51. The highest BCUT2D eigenvalue weighted by molar-refractivity contribution is 7.18. The van der Waals surface area contributed by atoms with Gasteiger partial charge in [-0.05, 0) is 43.8 Å². The number of nitrogens with zero attached hydrogens (tertiary/aromatic N) is 6. The topological polar surface area (TPSA) is 134 Å². The van der Waals surface area contributed by atoms with Crippen molar-refractivity contribution in [2.75, 3.05) is 46.9 Å². The molecule has 1 fully saturated rings. The summed E-state index contributed by atoms with van der Waals surface area (Å²) < 4.78 is 56.4. The molecule has 0 spiro atoms. The Morgan fingerprint density at radius 3 is 2.54 bits per heavy atom. The first kappa shape index (κ1) is 35.1. The van der Waals surface area contributed by atoms with E-state index < -0.39 is 23.3 Å². The number of aryl methyl sites for hydroxylation is 1. The van der Waals surface area contributed by atoms with E-state index in [0.717, 1.165) is 6.07 Å². The summed E-state index contributed by atoms with van der Waals surface area (Å²) in [5, 5.41) is 21.6. The molecule has 1 aliphatic heterocycles. The Hall–Kier alpha value is -4.75. The first-order valence-electron chi connectivity index (χ1n) is 15.4. The Labute approximate surface area is 292 Å². The second-order valence-electron chi connectivity index (χ2n) is 11.8. The lowest BCUT2D eigenvalue weighted by Gasteiger charge is -2.33. The lowest BCUT2D eigenvalue weighted by atomic mass is 9.96. The Bertz CT molecular complexity index is 2240. The number of hydrogen-bond donors (Lipinski definition) is 1. The van der Waals surface area contributed by atoms with Crippen molar-refractivity contribution < 1.29 is 32.5 Å². The highest BCUT2D eigenvalue weighted by Crippen LogP contribution is 2.42. The molecule has 2 aromatic carbocycles. The van der Waals surface area contributed by atoms with Gasteiger partial charge in [0, 0.05) is 60.3 Å². The zero-order valence-corrected chi connectivity index (χ0v) is 28.7. The monoisotopic (exact) mass is 726 g/mol. The lowest BCUT2D eigenvalue weighted by Crippen LogP contribution is -2.44. The first-order chi connectivity index (χ1) is 23.8. The van der Waals surface area contributed by atoms with Crippen LogP contribution in [-0.2, 0) is 19.3 Å². The molecule has 5 aromatic rings. The van der Waals surface area contributed by atoms with Crippen molar-refractivity contribution in [2.24, 2.45) is 0 Å². The van der Waals surface area contributed by atoms with E-state index in [2.05, 4.69) is 14.9 Å². The lowest BCUT2D eigenvalue weighted by molar-refractivity contribution is -0.138. The number of ether oxygens (including phenoxy) is 2. The van der Waals surface area contributed by atoms with Crippen LogP contribution in [0.15, 0.2) is 40.5 Å². The Kier molecular flexibility index (Phi) is 9.73. The zero-order valence-electron chi connectivity index (χ0n) is 27.1. The summed E-state index contributed by atoms with van der Waals surface area (Å²) in [6, 6.07) is 9.30. The molecule has 11 nitrogen and oxygen atoms in total. The number of aromatic nitrogens is 3. The zero-order chi connectivity index (χ0) is 35.9. The van der Waals surface area contributed by atoms with Crippen molar-refractivity contribution in [3.8, 4) is 28.8 Å². The maximum absolute atomic E-state index is 14.4. The van der Waals surface area contributed by atoms with E-state index >= 15 is 0 Å². The molecule has 0 radical (unpaired) electrons. The van der Waals surface area contributed by atoms with Crippen LogP contribution in [0.4, 0.5) is 13.2 Å². The smallest absolute Gasteiger partial charge is 0.416 e. The third-order valence-electron chi connectivity index (χ3n) is 8.68. The minimum absolute atomic E-state index is 0.0130. The van der Waals surface area contributed by atoms with Crippen molar-refractivity contribution in [3.05, 3.63) is 79.2 Å². The molecule has 0 atom stereocenters. The number of carboxylic acids is 1. The van der Waals surface area contributed by atoms with Gasteiger partial charge in [-0.3, -0.25) is 14.3 Å². The normalized spacial score (nSPS) is 14.3. The number of carboxylic acid groups (broad SMARTS) is 1. The molecule has 0 saturated carbocycles. The SMILES string of the molecule is COc1cc(-c2cc(Cl)ccc2OCCn2c(C)nc3cc(C(F)(F)F)c(CN4CCN(C)CC4)c(C#N)c3c2=O)c2scc(C(=O)O)c2n1. The van der Waals surface area contributed by atoms with Crippen LogP contribution >= 0.6 is 22.9 Å². The van der Waals surface area contributed by atoms with Crippen LogP contribution in [0.5, 0.6) is 11.6 Å². The predicted molar refractivity (Wildman–Crippen MR) is 182 cm³/mol. The second kappa shape index (κ2) is 13.9. The van der Waals surface area contributed by atoms with Crippen LogP contribution in [0.25, 0.3) is 32.2 Å². The van der Waals surface area contributed by atoms with E-state index in [-0.39, 0.29) is 64.5 Å². The van der Waals surface area contributed by atoms with Crippen LogP contribution in [0.2, 0.25) is 5.02 Å². The number of hydrogen-bond acceptors (Lipinski definition) is 10. The van der Waals surface area contributed by atoms with E-state index in [1.807, 2.05) is 18.0 Å². The fourth-order valence-electron chi connectivity index (χ4n) is 6.09. The van der Waals surface area contributed by atoms with E-state index in [1.54, 1.807) is 24.3 Å². The highest BCUT2D eigenvalue weighted by Gasteiger charge is 2.37. The first-order valence-corrected chi connectivity index (χ1v) is 16.6. The van der Waals surface area contributed by atoms with Crippen molar-refractivity contribution in [1.29, 1.82) is 5.26 Å². The summed E-state index contributed by atoms with van der Waals surface area (Å²) >= 11 is 7.56. The van der Waals surface area contributed by atoms with Gasteiger partial charge in [-0.2, -0.15) is 18.4 Å². The number of pyridine rings is 1. The molecule has 0 amide bonds. The third-order valence-corrected chi connectivity index (χ3v) is 9.92. The van der Waals surface area contributed by atoms with Gasteiger partial charge in [0.1, 0.15) is 29.8 Å². The Balaban J connectivity index is 1.37. The largest absolute Gasteiger partial charge is 0.491 e. The van der Waals surface area contributed by atoms with E-state index in [9.17, 15) is 33.1 Å². The minimum atomic E-state index is -4.76. The highest BCUT2D eigenvalue weighted by atomic mass is 35.5. The fourth-order valence-corrected chi connectivity index (χ4v) is 7.27. The molecule has 1 aliphatic rings. The maximum atomic E-state index is 14.4. The molecule has 1 N–H and O–H groups in total. The van der Waals surface area contributed by atoms with Gasteiger partial charge in [-0.1, -0.05) is 11.6 Å². The number of piperazine rings is 1. The molecule has 0 unspecified atom stereocenters. The number of rotatable bonds is 9. The number of carbonyl (C=O) groups is 1. The van der Waals surface area contributed by atoms with Gasteiger partial charge in [-0.15, -0.1) is 11.3 Å². The Morgan fingerprint density at radius 2 is 1.88 bits per heavy atom. The quantitative estimate of drug-likeness (QED) is 0.191. The van der Waals surface area contributed by atoms with Crippen LogP contribution in [-0.4, -0.2) is 82.4 Å². The minimum Gasteiger partial charge on any atom is -0.491 e. The second-order valence-corrected chi connectivity index (χ2v) is 13.1. The van der Waals surface area contributed by atoms with Crippen LogP contribution in [0, 0.1) is 18.3 Å². The molecular weight excluding hydrogens is 697 g/mol. The molecule has 0 bridgehead atoms. The summed E-state index contributed by atoms with van der Waals surface area (Å²) in [5.41, 5.74) is -1.09. The van der Waals surface area contributed by atoms with E-state index in [1.165, 1.54) is 35.3 Å². The number of aromatic carboxylic acids is 1. The van der Waals surface area contributed by atoms with Crippen LogP contribution in [0.1, 0.15) is 32.9 Å². The van der Waals surface area contributed by atoms with Crippen molar-refractivity contribution in [2.45, 2.75) is 26.2 Å². The Morgan fingerprint density at radius 1 is 1.14 bits per heavy atom. The number of alkyl halides is 3. The summed E-state index contributed by atoms with van der Waals surface area (Å²) in [6.07, 6.45) is -4.76. The number of nitriles is 1. The standard InChI is InChI=1S/C34H30ClF3N6O5S/c1-18-40-26-14-25(34(36,37)38)23(16-43-8-6-42(2)7-9-43)22(15-39)29(26)32(45)44(18)10-11-49-27-5-4-19(35)12-20(27)21-13-28(48-3)41-30-24(33(46)47)17-50-31(21)30/h4-5,12-14,17H,6-11,16H2,1-3H3,(H,46,47). The van der Waals surface area contributed by atoms with Crippen LogP contribution in [0.3, 0.4) is 0 Å². The van der Waals surface area contributed by atoms with Gasteiger partial charge >= 0.3 is 12.1 Å². The maximum Gasteiger partial charge on any atom is 0.416 e. The average molecular weight is 727 g/mol. The van der Waals surface area contributed by atoms with E-state index in [0.29, 0.717) is 52.8 Å². The summed E-state index contributed by atoms with van der Waals surface area (Å²) in [5.74, 6) is -0.462. The van der Waals surface area contributed by atoms with Gasteiger partial charge in [0.05, 0.1) is 45.9 Å². The molecule has 260 valence electrons. The summed E-state index contributed by atoms with van der Waals surface area (Å²) in [6.45, 7) is 3.60. The number of fused-ring (bicyclic) bond motifs is 2. The predicted octanol–water partition coefficient (Wildman–Crippen LogP) is 6.06.